The standard InChI is InChI=1S/C32H26F3N3O4S/c1-2-36-27-15-14-23(32(33,34)35)19-28(27)37(24-10-4-3-5-11-24)31(42)38(30(36)41)25-12-6-9-22(16-25)20-43-26-13-7-8-21(17-26)18-29(39)40/h3-17,19H,2,18,20H2,1H3,(H,39,40). The maximum atomic E-state index is 14.2. The van der Waals surface area contributed by atoms with Crippen LogP contribution in [0.25, 0.3) is 0 Å². The Morgan fingerprint density at radius 1 is 0.767 bits per heavy atom. The topological polar surface area (TPSA) is 81.2 Å². The van der Waals surface area contributed by atoms with Gasteiger partial charge in [0.15, 0.2) is 0 Å². The number of anilines is 4. The van der Waals surface area contributed by atoms with Gasteiger partial charge in [0.1, 0.15) is 0 Å². The number of hydrogen-bond donors (Lipinski definition) is 1. The van der Waals surface area contributed by atoms with E-state index >= 15 is 0 Å². The SMILES string of the molecule is CCN1C(=O)N(c2cccc(CSc3cccc(CC(=O)O)c3)c2)C(=O)N(c2ccccc2)c2cc(C(F)(F)F)ccc21. The van der Waals surface area contributed by atoms with Gasteiger partial charge in [-0.1, -0.05) is 42.5 Å². The average molecular weight is 606 g/mol. The lowest BCUT2D eigenvalue weighted by molar-refractivity contribution is -0.138. The zero-order valence-electron chi connectivity index (χ0n) is 22.9. The quantitative estimate of drug-likeness (QED) is 0.204. The van der Waals surface area contributed by atoms with Gasteiger partial charge < -0.3 is 5.11 Å². The van der Waals surface area contributed by atoms with Crippen LogP contribution < -0.4 is 14.7 Å². The van der Waals surface area contributed by atoms with E-state index in [2.05, 4.69) is 0 Å². The van der Waals surface area contributed by atoms with Crippen molar-refractivity contribution >= 4 is 52.5 Å². The first-order chi connectivity index (χ1) is 20.6. The highest BCUT2D eigenvalue weighted by Gasteiger charge is 2.41. The maximum absolute atomic E-state index is 14.2. The van der Waals surface area contributed by atoms with Crippen LogP contribution in [0.2, 0.25) is 0 Å². The third-order valence-corrected chi connectivity index (χ3v) is 7.86. The molecule has 1 aliphatic rings. The molecule has 1 aliphatic heterocycles. The van der Waals surface area contributed by atoms with Crippen molar-refractivity contribution in [3.63, 3.8) is 0 Å². The molecule has 0 unspecified atom stereocenters. The van der Waals surface area contributed by atoms with E-state index in [1.807, 2.05) is 12.1 Å². The van der Waals surface area contributed by atoms with E-state index in [0.29, 0.717) is 17.0 Å². The van der Waals surface area contributed by atoms with Crippen LogP contribution >= 0.6 is 11.8 Å². The summed E-state index contributed by atoms with van der Waals surface area (Å²) in [5.74, 6) is -0.473. The number of aliphatic carboxylic acids is 1. The number of nitrogens with zero attached hydrogens (tertiary/aromatic N) is 3. The molecule has 1 heterocycles. The summed E-state index contributed by atoms with van der Waals surface area (Å²) < 4.78 is 41.3. The molecular weight excluding hydrogens is 579 g/mol. The molecule has 5 rings (SSSR count). The molecule has 0 atom stereocenters. The summed E-state index contributed by atoms with van der Waals surface area (Å²) >= 11 is 1.46. The number of hydrogen-bond acceptors (Lipinski definition) is 4. The fourth-order valence-corrected chi connectivity index (χ4v) is 5.76. The molecule has 4 aromatic rings. The van der Waals surface area contributed by atoms with Gasteiger partial charge >= 0.3 is 24.2 Å². The van der Waals surface area contributed by atoms with E-state index in [1.54, 1.807) is 73.7 Å². The Hall–Kier alpha value is -4.77. The van der Waals surface area contributed by atoms with Crippen molar-refractivity contribution in [3.05, 3.63) is 114 Å². The highest BCUT2D eigenvalue weighted by molar-refractivity contribution is 7.98. The first-order valence-corrected chi connectivity index (χ1v) is 14.3. The summed E-state index contributed by atoms with van der Waals surface area (Å²) in [6.45, 7) is 1.79. The molecule has 0 spiro atoms. The lowest BCUT2D eigenvalue weighted by atomic mass is 10.1. The highest BCUT2D eigenvalue weighted by atomic mass is 32.2. The summed E-state index contributed by atoms with van der Waals surface area (Å²) in [5, 5.41) is 9.09. The second-order valence-electron chi connectivity index (χ2n) is 9.69. The van der Waals surface area contributed by atoms with E-state index in [9.17, 15) is 27.6 Å². The van der Waals surface area contributed by atoms with Crippen molar-refractivity contribution in [3.8, 4) is 0 Å². The molecule has 4 aromatic carbocycles. The number of carboxylic acids is 1. The molecular formula is C32H26F3N3O4S. The number of halogens is 3. The molecule has 0 bridgehead atoms. The van der Waals surface area contributed by atoms with Crippen molar-refractivity contribution < 1.29 is 32.7 Å². The van der Waals surface area contributed by atoms with Gasteiger partial charge in [-0.05, 0) is 72.6 Å². The third-order valence-electron chi connectivity index (χ3n) is 6.80. The van der Waals surface area contributed by atoms with E-state index in [-0.39, 0.29) is 30.0 Å². The Balaban J connectivity index is 1.54. The van der Waals surface area contributed by atoms with Crippen LogP contribution in [0.5, 0.6) is 0 Å². The molecule has 7 nitrogen and oxygen atoms in total. The van der Waals surface area contributed by atoms with E-state index < -0.39 is 29.8 Å². The number of alkyl halides is 3. The van der Waals surface area contributed by atoms with Gasteiger partial charge in [0.25, 0.3) is 0 Å². The highest BCUT2D eigenvalue weighted by Crippen LogP contribution is 2.43. The molecule has 0 aliphatic carbocycles. The minimum absolute atomic E-state index is 0.0586. The van der Waals surface area contributed by atoms with Crippen LogP contribution in [0.1, 0.15) is 23.6 Å². The van der Waals surface area contributed by atoms with Crippen molar-refractivity contribution in [2.45, 2.75) is 30.2 Å². The zero-order valence-corrected chi connectivity index (χ0v) is 23.7. The molecule has 4 amide bonds. The monoisotopic (exact) mass is 605 g/mol. The number of carboxylic acid groups (broad SMARTS) is 1. The number of para-hydroxylation sites is 1. The molecule has 1 N–H and O–H groups in total. The Labute approximate surface area is 250 Å². The number of benzene rings is 4. The lowest BCUT2D eigenvalue weighted by Crippen LogP contribution is -2.48. The van der Waals surface area contributed by atoms with Crippen LogP contribution in [0, 0.1) is 0 Å². The second-order valence-corrected chi connectivity index (χ2v) is 10.7. The number of carbonyl (C=O) groups excluding carboxylic acids is 2. The van der Waals surface area contributed by atoms with Crippen LogP contribution in [0.3, 0.4) is 0 Å². The van der Waals surface area contributed by atoms with Gasteiger partial charge in [-0.3, -0.25) is 14.6 Å². The molecule has 0 fully saturated rings. The molecule has 0 saturated heterocycles. The third kappa shape index (κ3) is 6.36. The number of rotatable bonds is 8. The first-order valence-electron chi connectivity index (χ1n) is 13.3. The molecule has 0 saturated carbocycles. The van der Waals surface area contributed by atoms with Gasteiger partial charge in [-0.15, -0.1) is 11.8 Å². The van der Waals surface area contributed by atoms with Crippen LogP contribution in [0.4, 0.5) is 45.5 Å². The smallest absolute Gasteiger partial charge is 0.416 e. The summed E-state index contributed by atoms with van der Waals surface area (Å²) in [5.41, 5.74) is 1.18. The minimum Gasteiger partial charge on any atom is -0.481 e. The first kappa shape index (κ1) is 29.7. The summed E-state index contributed by atoms with van der Waals surface area (Å²) in [7, 11) is 0. The normalized spacial score (nSPS) is 13.6. The fraction of sp³-hybridized carbons (Fsp3) is 0.156. The van der Waals surface area contributed by atoms with Crippen LogP contribution in [-0.4, -0.2) is 29.7 Å². The molecule has 43 heavy (non-hydrogen) atoms. The largest absolute Gasteiger partial charge is 0.481 e. The van der Waals surface area contributed by atoms with E-state index in [1.165, 1.54) is 22.7 Å². The van der Waals surface area contributed by atoms with Crippen LogP contribution in [-0.2, 0) is 23.1 Å². The molecule has 11 heteroatoms. The summed E-state index contributed by atoms with van der Waals surface area (Å²) in [6.07, 6.45) is -4.76. The number of imide groups is 1. The summed E-state index contributed by atoms with van der Waals surface area (Å²) in [4.78, 5) is 43.5. The Morgan fingerprint density at radius 2 is 1.47 bits per heavy atom. The summed E-state index contributed by atoms with van der Waals surface area (Å²) in [6, 6.07) is 23.8. The Morgan fingerprint density at radius 3 is 2.16 bits per heavy atom. The number of urea groups is 2. The number of carbonyl (C=O) groups is 3. The predicted octanol–water partition coefficient (Wildman–Crippen LogP) is 8.35. The predicted molar refractivity (Wildman–Crippen MR) is 160 cm³/mol. The maximum Gasteiger partial charge on any atom is 0.416 e. The number of thioether (sulfide) groups is 1. The van der Waals surface area contributed by atoms with E-state index in [0.717, 1.165) is 32.4 Å². The zero-order chi connectivity index (χ0) is 30.7. The fourth-order valence-electron chi connectivity index (χ4n) is 4.84. The van der Waals surface area contributed by atoms with Gasteiger partial charge in [-0.2, -0.15) is 13.2 Å². The van der Waals surface area contributed by atoms with Crippen molar-refractivity contribution in [1.29, 1.82) is 0 Å². The van der Waals surface area contributed by atoms with Gasteiger partial charge in [0.2, 0.25) is 0 Å². The van der Waals surface area contributed by atoms with Gasteiger partial charge in [-0.25, -0.2) is 14.5 Å². The Kier molecular flexibility index (Phi) is 8.45. The average Bonchev–Trinajstić information content (AvgIpc) is 3.06. The van der Waals surface area contributed by atoms with Crippen molar-refractivity contribution in [1.82, 2.24) is 0 Å². The van der Waals surface area contributed by atoms with Crippen LogP contribution in [0.15, 0.2) is 102 Å². The number of fused-ring (bicyclic) bond motifs is 1. The number of amides is 4. The molecule has 0 aromatic heterocycles. The van der Waals surface area contributed by atoms with Crippen molar-refractivity contribution in [2.75, 3.05) is 21.2 Å². The van der Waals surface area contributed by atoms with Crippen molar-refractivity contribution in [2.24, 2.45) is 0 Å². The molecule has 220 valence electrons. The van der Waals surface area contributed by atoms with Gasteiger partial charge in [0.05, 0.1) is 34.7 Å². The van der Waals surface area contributed by atoms with Gasteiger partial charge in [0, 0.05) is 17.2 Å². The lowest BCUT2D eigenvalue weighted by Gasteiger charge is -2.27. The Bertz CT molecular complexity index is 1680. The van der Waals surface area contributed by atoms with E-state index in [4.69, 9.17) is 5.11 Å². The molecule has 0 radical (unpaired) electrons. The minimum atomic E-state index is -4.66. The second kappa shape index (κ2) is 12.2.